The Balaban J connectivity index is 1.32. The van der Waals surface area contributed by atoms with Crippen molar-refractivity contribution in [3.05, 3.63) is 120 Å². The van der Waals surface area contributed by atoms with Crippen LogP contribution >= 0.6 is 0 Å². The highest BCUT2D eigenvalue weighted by Gasteiger charge is 2.34. The fourth-order valence-electron chi connectivity index (χ4n) is 4.11. The molecular weight excluding hydrogens is 517 g/mol. The van der Waals surface area contributed by atoms with Gasteiger partial charge in [0, 0.05) is 59.9 Å². The van der Waals surface area contributed by atoms with E-state index in [1.165, 1.54) is 18.5 Å². The number of carbonyl (C=O) groups excluding carboxylic acids is 1. The van der Waals surface area contributed by atoms with Gasteiger partial charge < -0.3 is 10.6 Å². The molecule has 0 aliphatic carbocycles. The third-order valence-corrected chi connectivity index (χ3v) is 6.17. The number of aromatic nitrogens is 4. The first kappa shape index (κ1) is 26.5. The molecule has 3 aromatic heterocycles. The maximum absolute atomic E-state index is 13.8. The van der Waals surface area contributed by atoms with Crippen molar-refractivity contribution in [2.75, 3.05) is 5.32 Å². The van der Waals surface area contributed by atoms with E-state index in [1.807, 2.05) is 19.1 Å². The van der Waals surface area contributed by atoms with E-state index in [-0.39, 0.29) is 12.1 Å². The summed E-state index contributed by atoms with van der Waals surface area (Å²) in [4.78, 5) is 29.8. The summed E-state index contributed by atoms with van der Waals surface area (Å²) < 4.78 is 41.5. The van der Waals surface area contributed by atoms with Crippen molar-refractivity contribution >= 4 is 17.5 Å². The molecule has 0 aliphatic heterocycles. The molecule has 0 aliphatic rings. The first-order chi connectivity index (χ1) is 19.3. The minimum absolute atomic E-state index is 0.0275. The molecule has 0 saturated heterocycles. The van der Waals surface area contributed by atoms with Gasteiger partial charge in [0.1, 0.15) is 0 Å². The first-order valence-corrected chi connectivity index (χ1v) is 12.3. The Morgan fingerprint density at radius 2 is 1.62 bits per heavy atom. The summed E-state index contributed by atoms with van der Waals surface area (Å²) in [6, 6.07) is 17.7. The average Bonchev–Trinajstić information content (AvgIpc) is 2.97. The second-order valence-corrected chi connectivity index (χ2v) is 8.96. The molecule has 0 fully saturated rings. The van der Waals surface area contributed by atoms with E-state index >= 15 is 0 Å². The Labute approximate surface area is 228 Å². The van der Waals surface area contributed by atoms with Crippen LogP contribution in [0.25, 0.3) is 22.4 Å². The molecule has 7 nitrogen and oxygen atoms in total. The van der Waals surface area contributed by atoms with Crippen LogP contribution in [-0.4, -0.2) is 25.8 Å². The van der Waals surface area contributed by atoms with E-state index in [9.17, 15) is 18.0 Å². The highest BCUT2D eigenvalue weighted by molar-refractivity contribution is 5.95. The molecule has 2 aromatic carbocycles. The lowest BCUT2D eigenvalue weighted by molar-refractivity contribution is -0.137. The summed E-state index contributed by atoms with van der Waals surface area (Å²) in [7, 11) is 0. The largest absolute Gasteiger partial charge is 0.417 e. The number of pyridine rings is 2. The van der Waals surface area contributed by atoms with E-state index in [4.69, 9.17) is 0 Å². The van der Waals surface area contributed by atoms with Crippen LogP contribution < -0.4 is 10.6 Å². The van der Waals surface area contributed by atoms with Crippen LogP contribution in [0.5, 0.6) is 0 Å². The third-order valence-electron chi connectivity index (χ3n) is 6.17. The number of aryl methyl sites for hydroxylation is 1. The number of hydrogen-bond acceptors (Lipinski definition) is 6. The van der Waals surface area contributed by atoms with Crippen molar-refractivity contribution in [3.63, 3.8) is 0 Å². The molecule has 1 amide bonds. The molecule has 0 spiro atoms. The number of nitrogens with zero attached hydrogens (tertiary/aromatic N) is 4. The Hall–Kier alpha value is -5.12. The number of anilines is 2. The summed E-state index contributed by atoms with van der Waals surface area (Å²) in [5.41, 5.74) is 3.25. The highest BCUT2D eigenvalue weighted by Crippen LogP contribution is 2.37. The number of alkyl halides is 3. The van der Waals surface area contributed by atoms with E-state index < -0.39 is 17.6 Å². The lowest BCUT2D eigenvalue weighted by Crippen LogP contribution is -2.23. The van der Waals surface area contributed by atoms with E-state index in [0.29, 0.717) is 34.0 Å². The Bertz CT molecular complexity index is 1640. The monoisotopic (exact) mass is 540 g/mol. The molecule has 3 heterocycles. The van der Waals surface area contributed by atoms with Gasteiger partial charge in [-0.2, -0.15) is 13.2 Å². The molecule has 5 aromatic rings. The smallest absolute Gasteiger partial charge is 0.348 e. The molecule has 0 saturated carbocycles. The summed E-state index contributed by atoms with van der Waals surface area (Å²) in [6.07, 6.45) is 3.31. The molecule has 40 heavy (non-hydrogen) atoms. The van der Waals surface area contributed by atoms with Gasteiger partial charge in [-0.25, -0.2) is 9.97 Å². The molecule has 0 bridgehead atoms. The van der Waals surface area contributed by atoms with Gasteiger partial charge in [-0.1, -0.05) is 24.3 Å². The zero-order chi connectivity index (χ0) is 28.1. The zero-order valence-corrected chi connectivity index (χ0v) is 21.3. The van der Waals surface area contributed by atoms with Gasteiger partial charge in [0.25, 0.3) is 5.91 Å². The Morgan fingerprint density at radius 3 is 2.33 bits per heavy atom. The molecule has 0 radical (unpaired) electrons. The summed E-state index contributed by atoms with van der Waals surface area (Å²) in [5, 5.41) is 5.85. The summed E-state index contributed by atoms with van der Waals surface area (Å²) >= 11 is 0. The SMILES string of the molecule is Cc1ccc(C(=O)NCc2ccc(-c3cccnc3)c(C(F)(F)F)c2)cc1Nc1nccc(-c2cccnc2)n1. The van der Waals surface area contributed by atoms with Gasteiger partial charge in [-0.3, -0.25) is 14.8 Å². The molecule has 5 rings (SSSR count). The number of hydrogen-bond donors (Lipinski definition) is 2. The predicted molar refractivity (Wildman–Crippen MR) is 146 cm³/mol. The number of amides is 1. The third kappa shape index (κ3) is 6.12. The van der Waals surface area contributed by atoms with Crippen molar-refractivity contribution in [2.24, 2.45) is 0 Å². The van der Waals surface area contributed by atoms with Gasteiger partial charge in [0.15, 0.2) is 0 Å². The second kappa shape index (κ2) is 11.3. The van der Waals surface area contributed by atoms with Crippen LogP contribution in [-0.2, 0) is 12.7 Å². The van der Waals surface area contributed by atoms with Crippen molar-refractivity contribution in [2.45, 2.75) is 19.6 Å². The second-order valence-electron chi connectivity index (χ2n) is 8.96. The standard InChI is InChI=1S/C30H23F3N6O/c1-19-6-8-21(15-27(19)39-29-36-13-10-26(38-29)23-5-3-12-35-18-23)28(40)37-16-20-7-9-24(22-4-2-11-34-17-22)25(14-20)30(31,32)33/h2-15,17-18H,16H2,1H3,(H,37,40)(H,36,38,39). The molecular formula is C30H23F3N6O. The van der Waals surface area contributed by atoms with Gasteiger partial charge in [-0.05, 0) is 66.1 Å². The Kier molecular flexibility index (Phi) is 7.50. The maximum Gasteiger partial charge on any atom is 0.417 e. The molecule has 10 heteroatoms. The average molecular weight is 541 g/mol. The molecule has 200 valence electrons. The lowest BCUT2D eigenvalue weighted by atomic mass is 9.98. The van der Waals surface area contributed by atoms with Gasteiger partial charge in [0.2, 0.25) is 5.95 Å². The zero-order valence-electron chi connectivity index (χ0n) is 21.3. The van der Waals surface area contributed by atoms with E-state index in [0.717, 1.165) is 17.2 Å². The molecule has 2 N–H and O–H groups in total. The minimum Gasteiger partial charge on any atom is -0.348 e. The summed E-state index contributed by atoms with van der Waals surface area (Å²) in [5.74, 6) is -0.0895. The predicted octanol–water partition coefficient (Wildman–Crippen LogP) is 6.60. The van der Waals surface area contributed by atoms with E-state index in [1.54, 1.807) is 61.1 Å². The quantitative estimate of drug-likeness (QED) is 0.242. The normalized spacial score (nSPS) is 11.2. The summed E-state index contributed by atoms with van der Waals surface area (Å²) in [6.45, 7) is 1.79. The number of halogens is 3. The number of benzene rings is 2. The Morgan fingerprint density at radius 1 is 0.875 bits per heavy atom. The fourth-order valence-corrected chi connectivity index (χ4v) is 4.11. The van der Waals surface area contributed by atoms with Gasteiger partial charge >= 0.3 is 6.18 Å². The number of rotatable bonds is 7. The van der Waals surface area contributed by atoms with Crippen LogP contribution in [0.1, 0.15) is 27.0 Å². The van der Waals surface area contributed by atoms with Crippen LogP contribution in [0.2, 0.25) is 0 Å². The topological polar surface area (TPSA) is 92.7 Å². The van der Waals surface area contributed by atoms with Crippen molar-refractivity contribution in [1.29, 1.82) is 0 Å². The van der Waals surface area contributed by atoms with Crippen LogP contribution in [0.15, 0.2) is 97.7 Å². The highest BCUT2D eigenvalue weighted by atomic mass is 19.4. The van der Waals surface area contributed by atoms with Crippen molar-refractivity contribution in [3.8, 4) is 22.4 Å². The maximum atomic E-state index is 13.8. The van der Waals surface area contributed by atoms with Crippen LogP contribution in [0.4, 0.5) is 24.8 Å². The van der Waals surface area contributed by atoms with Gasteiger partial charge in [-0.15, -0.1) is 0 Å². The van der Waals surface area contributed by atoms with Crippen molar-refractivity contribution in [1.82, 2.24) is 25.3 Å². The van der Waals surface area contributed by atoms with Crippen LogP contribution in [0, 0.1) is 6.92 Å². The lowest BCUT2D eigenvalue weighted by Gasteiger charge is -2.15. The molecule has 0 atom stereocenters. The van der Waals surface area contributed by atoms with Crippen molar-refractivity contribution < 1.29 is 18.0 Å². The number of nitrogens with one attached hydrogen (secondary N) is 2. The van der Waals surface area contributed by atoms with Gasteiger partial charge in [0.05, 0.1) is 11.3 Å². The number of carbonyl (C=O) groups is 1. The minimum atomic E-state index is -4.57. The first-order valence-electron chi connectivity index (χ1n) is 12.3. The van der Waals surface area contributed by atoms with E-state index in [2.05, 4.69) is 30.6 Å². The molecule has 0 unspecified atom stereocenters. The fraction of sp³-hybridized carbons (Fsp3) is 0.100. The van der Waals surface area contributed by atoms with Crippen LogP contribution in [0.3, 0.4) is 0 Å².